The largest absolute Gasteiger partial charge is 0.310 e. The Kier molecular flexibility index (Phi) is 3.83. The van der Waals surface area contributed by atoms with Crippen LogP contribution in [0, 0.1) is 0 Å². The van der Waals surface area contributed by atoms with Gasteiger partial charge in [0, 0.05) is 24.4 Å². The fourth-order valence-corrected chi connectivity index (χ4v) is 2.33. The maximum atomic E-state index is 4.61. The van der Waals surface area contributed by atoms with Crippen molar-refractivity contribution in [3.05, 3.63) is 41.9 Å². The van der Waals surface area contributed by atoms with Gasteiger partial charge in [-0.25, -0.2) is 9.67 Å². The van der Waals surface area contributed by atoms with Crippen LogP contribution in [0.15, 0.2) is 30.6 Å². The standard InChI is InChI=1S/C16H22N4/c1-3-9-17-12(2)14-6-7-16(18-11-14)20-10-8-15(19-20)13-4-5-13/h6-8,10-13,17H,3-5,9H2,1-2H3. The first-order valence-electron chi connectivity index (χ1n) is 7.53. The van der Waals surface area contributed by atoms with Crippen LogP contribution in [-0.2, 0) is 0 Å². The Hall–Kier alpha value is -1.68. The third-order valence-corrected chi connectivity index (χ3v) is 3.81. The number of pyridine rings is 1. The van der Waals surface area contributed by atoms with Crippen molar-refractivity contribution in [3.63, 3.8) is 0 Å². The Morgan fingerprint density at radius 1 is 1.35 bits per heavy atom. The molecule has 1 aliphatic rings. The highest BCUT2D eigenvalue weighted by Crippen LogP contribution is 2.38. The second kappa shape index (κ2) is 5.75. The van der Waals surface area contributed by atoms with E-state index in [4.69, 9.17) is 0 Å². The number of aromatic nitrogens is 3. The zero-order chi connectivity index (χ0) is 13.9. The van der Waals surface area contributed by atoms with Gasteiger partial charge >= 0.3 is 0 Å². The van der Waals surface area contributed by atoms with E-state index in [9.17, 15) is 0 Å². The lowest BCUT2D eigenvalue weighted by molar-refractivity contribution is 0.569. The molecule has 106 valence electrons. The number of hydrogen-bond acceptors (Lipinski definition) is 3. The molecule has 2 aromatic rings. The van der Waals surface area contributed by atoms with Crippen LogP contribution in [0.25, 0.3) is 5.82 Å². The molecule has 0 radical (unpaired) electrons. The van der Waals surface area contributed by atoms with Gasteiger partial charge in [-0.2, -0.15) is 5.10 Å². The maximum absolute atomic E-state index is 4.61. The molecule has 0 amide bonds. The molecule has 1 unspecified atom stereocenters. The summed E-state index contributed by atoms with van der Waals surface area (Å²) in [4.78, 5) is 4.53. The van der Waals surface area contributed by atoms with Crippen LogP contribution < -0.4 is 5.32 Å². The molecule has 2 heterocycles. The normalized spacial score (nSPS) is 16.3. The molecule has 1 fully saturated rings. The molecule has 3 rings (SSSR count). The molecule has 1 saturated carbocycles. The first kappa shape index (κ1) is 13.3. The van der Waals surface area contributed by atoms with Crippen molar-refractivity contribution in [2.45, 2.75) is 45.1 Å². The lowest BCUT2D eigenvalue weighted by Gasteiger charge is -2.13. The van der Waals surface area contributed by atoms with Crippen molar-refractivity contribution in [1.29, 1.82) is 0 Å². The molecule has 1 aliphatic carbocycles. The van der Waals surface area contributed by atoms with Crippen molar-refractivity contribution in [2.75, 3.05) is 6.54 Å². The lowest BCUT2D eigenvalue weighted by atomic mass is 10.1. The molecular formula is C16H22N4. The summed E-state index contributed by atoms with van der Waals surface area (Å²) in [5.41, 5.74) is 2.42. The summed E-state index contributed by atoms with van der Waals surface area (Å²) in [7, 11) is 0. The highest BCUT2D eigenvalue weighted by atomic mass is 15.3. The summed E-state index contributed by atoms with van der Waals surface area (Å²) < 4.78 is 1.88. The molecule has 1 atom stereocenters. The first-order chi connectivity index (χ1) is 9.78. The van der Waals surface area contributed by atoms with E-state index in [1.165, 1.54) is 24.1 Å². The second-order valence-corrected chi connectivity index (χ2v) is 5.58. The van der Waals surface area contributed by atoms with Crippen LogP contribution in [0.3, 0.4) is 0 Å². The van der Waals surface area contributed by atoms with Crippen molar-refractivity contribution in [3.8, 4) is 5.82 Å². The summed E-state index contributed by atoms with van der Waals surface area (Å²) in [5.74, 6) is 1.58. The van der Waals surface area contributed by atoms with Crippen molar-refractivity contribution < 1.29 is 0 Å². The van der Waals surface area contributed by atoms with E-state index in [-0.39, 0.29) is 0 Å². The van der Waals surface area contributed by atoms with Crippen LogP contribution in [-0.4, -0.2) is 21.3 Å². The van der Waals surface area contributed by atoms with Gasteiger partial charge in [-0.15, -0.1) is 0 Å². The first-order valence-corrected chi connectivity index (χ1v) is 7.53. The van der Waals surface area contributed by atoms with E-state index < -0.39 is 0 Å². The molecule has 4 heteroatoms. The summed E-state index contributed by atoms with van der Waals surface area (Å²) >= 11 is 0. The molecule has 2 aromatic heterocycles. The van der Waals surface area contributed by atoms with E-state index in [1.807, 2.05) is 23.1 Å². The highest BCUT2D eigenvalue weighted by molar-refractivity contribution is 5.27. The zero-order valence-corrected chi connectivity index (χ0v) is 12.2. The van der Waals surface area contributed by atoms with E-state index in [1.54, 1.807) is 0 Å². The molecule has 0 aromatic carbocycles. The monoisotopic (exact) mass is 270 g/mol. The fraction of sp³-hybridized carbons (Fsp3) is 0.500. The Morgan fingerprint density at radius 3 is 2.85 bits per heavy atom. The molecule has 0 aliphatic heterocycles. The van der Waals surface area contributed by atoms with Gasteiger partial charge < -0.3 is 5.32 Å². The van der Waals surface area contributed by atoms with Gasteiger partial charge in [-0.3, -0.25) is 0 Å². The quantitative estimate of drug-likeness (QED) is 0.876. The van der Waals surface area contributed by atoms with E-state index in [2.05, 4.69) is 41.4 Å². The number of hydrogen-bond donors (Lipinski definition) is 1. The molecule has 20 heavy (non-hydrogen) atoms. The predicted molar refractivity (Wildman–Crippen MR) is 80.0 cm³/mol. The molecule has 0 bridgehead atoms. The summed E-state index contributed by atoms with van der Waals surface area (Å²) in [6.45, 7) is 5.38. The van der Waals surface area contributed by atoms with E-state index in [0.717, 1.165) is 18.8 Å². The Balaban J connectivity index is 1.71. The number of rotatable bonds is 6. The van der Waals surface area contributed by atoms with Crippen LogP contribution in [0.4, 0.5) is 0 Å². The summed E-state index contributed by atoms with van der Waals surface area (Å²) in [6.07, 6.45) is 7.66. The Morgan fingerprint density at radius 2 is 2.20 bits per heavy atom. The van der Waals surface area contributed by atoms with Gasteiger partial charge in [0.25, 0.3) is 0 Å². The van der Waals surface area contributed by atoms with Crippen LogP contribution >= 0.6 is 0 Å². The predicted octanol–water partition coefficient (Wildman–Crippen LogP) is 3.21. The topological polar surface area (TPSA) is 42.7 Å². The second-order valence-electron chi connectivity index (χ2n) is 5.58. The van der Waals surface area contributed by atoms with Crippen LogP contribution in [0.2, 0.25) is 0 Å². The minimum Gasteiger partial charge on any atom is -0.310 e. The third-order valence-electron chi connectivity index (χ3n) is 3.81. The minimum absolute atomic E-state index is 0.344. The minimum atomic E-state index is 0.344. The lowest BCUT2D eigenvalue weighted by Crippen LogP contribution is -2.19. The van der Waals surface area contributed by atoms with Gasteiger partial charge in [0.1, 0.15) is 0 Å². The molecule has 1 N–H and O–H groups in total. The van der Waals surface area contributed by atoms with Crippen LogP contribution in [0.1, 0.15) is 56.3 Å². The Bertz CT molecular complexity index is 554. The maximum Gasteiger partial charge on any atom is 0.153 e. The van der Waals surface area contributed by atoms with E-state index >= 15 is 0 Å². The number of nitrogens with one attached hydrogen (secondary N) is 1. The van der Waals surface area contributed by atoms with Crippen LogP contribution in [0.5, 0.6) is 0 Å². The number of nitrogens with zero attached hydrogens (tertiary/aromatic N) is 3. The SMILES string of the molecule is CCCNC(C)c1ccc(-n2ccc(C3CC3)n2)nc1. The highest BCUT2D eigenvalue weighted by Gasteiger charge is 2.25. The molecule has 4 nitrogen and oxygen atoms in total. The molecule has 0 spiro atoms. The molecule has 0 saturated heterocycles. The van der Waals surface area contributed by atoms with Gasteiger partial charge in [0.05, 0.1) is 5.69 Å². The summed E-state index contributed by atoms with van der Waals surface area (Å²) in [6, 6.07) is 6.63. The van der Waals surface area contributed by atoms with Crippen molar-refractivity contribution >= 4 is 0 Å². The summed E-state index contributed by atoms with van der Waals surface area (Å²) in [5, 5.41) is 8.08. The third kappa shape index (κ3) is 2.90. The van der Waals surface area contributed by atoms with Crippen molar-refractivity contribution in [1.82, 2.24) is 20.1 Å². The molecular weight excluding hydrogens is 248 g/mol. The average molecular weight is 270 g/mol. The average Bonchev–Trinajstić information content (AvgIpc) is 3.22. The smallest absolute Gasteiger partial charge is 0.153 e. The van der Waals surface area contributed by atoms with Gasteiger partial charge in [0.2, 0.25) is 0 Å². The van der Waals surface area contributed by atoms with Crippen molar-refractivity contribution in [2.24, 2.45) is 0 Å². The van der Waals surface area contributed by atoms with Gasteiger partial charge in [-0.05, 0) is 50.4 Å². The Labute approximate surface area is 120 Å². The van der Waals surface area contributed by atoms with Gasteiger partial charge in [-0.1, -0.05) is 13.0 Å². The van der Waals surface area contributed by atoms with E-state index in [0.29, 0.717) is 12.0 Å². The zero-order valence-electron chi connectivity index (χ0n) is 12.2. The van der Waals surface area contributed by atoms with Gasteiger partial charge in [0.15, 0.2) is 5.82 Å². The fourth-order valence-electron chi connectivity index (χ4n) is 2.33.